The summed E-state index contributed by atoms with van der Waals surface area (Å²) in [6, 6.07) is 2.69. The van der Waals surface area contributed by atoms with Crippen LogP contribution in [0.1, 0.15) is 17.5 Å². The molecule has 3 rings (SSSR count). The van der Waals surface area contributed by atoms with Crippen LogP contribution in [0, 0.1) is 0 Å². The molecule has 0 radical (unpaired) electrons. The van der Waals surface area contributed by atoms with Crippen molar-refractivity contribution in [2.24, 2.45) is 0 Å². The molecular weight excluding hydrogens is 245 g/mol. The van der Waals surface area contributed by atoms with E-state index >= 15 is 0 Å². The fraction of sp³-hybridized carbons (Fsp3) is 0.364. The van der Waals surface area contributed by atoms with E-state index in [2.05, 4.69) is 0 Å². The highest BCUT2D eigenvalue weighted by molar-refractivity contribution is 7.86. The molecule has 0 atom stereocenters. The van der Waals surface area contributed by atoms with E-state index < -0.39 is 10.2 Å². The number of nitrogens with zero attached hydrogens (tertiary/aromatic N) is 1. The Morgan fingerprint density at radius 2 is 1.76 bits per heavy atom. The number of amides is 1. The van der Waals surface area contributed by atoms with Gasteiger partial charge in [0.25, 0.3) is 0 Å². The average Bonchev–Trinajstić information content (AvgIpc) is 2.67. The Balaban J connectivity index is 2.24. The van der Waals surface area contributed by atoms with Crippen molar-refractivity contribution in [1.82, 2.24) is 0 Å². The number of rotatable bonds is 1. The molecule has 0 fully saturated rings. The third-order valence-corrected chi connectivity index (χ3v) is 4.11. The van der Waals surface area contributed by atoms with Crippen LogP contribution in [0.4, 0.5) is 9.57 Å². The lowest BCUT2D eigenvalue weighted by Crippen LogP contribution is -2.32. The molecule has 0 unspecified atom stereocenters. The molecule has 0 aromatic heterocycles. The van der Waals surface area contributed by atoms with Gasteiger partial charge in [0.2, 0.25) is 5.91 Å². The SMILES string of the molecule is O=C1CCc2cc(S(=O)(=O)F)cc3c2N1CC3. The first kappa shape index (κ1) is 10.7. The first-order chi connectivity index (χ1) is 7.97. The van der Waals surface area contributed by atoms with Crippen molar-refractivity contribution >= 4 is 21.8 Å². The summed E-state index contributed by atoms with van der Waals surface area (Å²) < 4.78 is 34.8. The van der Waals surface area contributed by atoms with Crippen LogP contribution in [-0.2, 0) is 27.9 Å². The molecule has 0 spiro atoms. The number of halogens is 1. The summed E-state index contributed by atoms with van der Waals surface area (Å²) >= 11 is 0. The zero-order valence-corrected chi connectivity index (χ0v) is 9.76. The van der Waals surface area contributed by atoms with E-state index in [4.69, 9.17) is 0 Å². The van der Waals surface area contributed by atoms with Crippen LogP contribution in [-0.4, -0.2) is 20.9 Å². The van der Waals surface area contributed by atoms with Gasteiger partial charge in [-0.05, 0) is 36.1 Å². The van der Waals surface area contributed by atoms with Crippen LogP contribution < -0.4 is 4.90 Å². The van der Waals surface area contributed by atoms with Gasteiger partial charge in [-0.25, -0.2) is 0 Å². The largest absolute Gasteiger partial charge is 0.332 e. The van der Waals surface area contributed by atoms with Crippen LogP contribution in [0.25, 0.3) is 0 Å². The van der Waals surface area contributed by atoms with Gasteiger partial charge >= 0.3 is 10.2 Å². The molecule has 4 nitrogen and oxygen atoms in total. The molecule has 17 heavy (non-hydrogen) atoms. The number of carbonyl (C=O) groups excluding carboxylic acids is 1. The Hall–Kier alpha value is -1.43. The Morgan fingerprint density at radius 3 is 2.41 bits per heavy atom. The van der Waals surface area contributed by atoms with E-state index in [0.717, 1.165) is 16.8 Å². The minimum Gasteiger partial charge on any atom is -0.312 e. The molecule has 90 valence electrons. The van der Waals surface area contributed by atoms with Crippen molar-refractivity contribution in [3.63, 3.8) is 0 Å². The highest BCUT2D eigenvalue weighted by Crippen LogP contribution is 2.38. The third-order valence-electron chi connectivity index (χ3n) is 3.31. The van der Waals surface area contributed by atoms with Crippen molar-refractivity contribution < 1.29 is 17.1 Å². The Morgan fingerprint density at radius 1 is 1.12 bits per heavy atom. The summed E-state index contributed by atoms with van der Waals surface area (Å²) in [6.07, 6.45) is 1.45. The fourth-order valence-corrected chi connectivity index (χ4v) is 3.13. The van der Waals surface area contributed by atoms with Gasteiger partial charge in [0, 0.05) is 13.0 Å². The zero-order chi connectivity index (χ0) is 12.2. The lowest BCUT2D eigenvalue weighted by molar-refractivity contribution is -0.118. The summed E-state index contributed by atoms with van der Waals surface area (Å²) in [6.45, 7) is 0.566. The second-order valence-corrected chi connectivity index (χ2v) is 5.67. The second kappa shape index (κ2) is 3.29. The van der Waals surface area contributed by atoms with E-state index in [0.29, 0.717) is 25.8 Å². The number of aryl methyl sites for hydroxylation is 1. The van der Waals surface area contributed by atoms with Crippen molar-refractivity contribution in [1.29, 1.82) is 0 Å². The Labute approximate surface area is 98.3 Å². The van der Waals surface area contributed by atoms with Gasteiger partial charge in [0.05, 0.1) is 10.6 Å². The maximum absolute atomic E-state index is 13.0. The highest BCUT2D eigenvalue weighted by atomic mass is 32.3. The maximum atomic E-state index is 13.0. The summed E-state index contributed by atoms with van der Waals surface area (Å²) in [5, 5.41) is 0. The fourth-order valence-electron chi connectivity index (χ4n) is 2.57. The minimum absolute atomic E-state index is 0.0621. The molecule has 0 saturated heterocycles. The molecule has 0 N–H and O–H groups in total. The molecular formula is C11H10FNO3S. The van der Waals surface area contributed by atoms with Crippen LogP contribution in [0.5, 0.6) is 0 Å². The molecule has 0 saturated carbocycles. The van der Waals surface area contributed by atoms with Crippen LogP contribution >= 0.6 is 0 Å². The first-order valence-corrected chi connectivity index (χ1v) is 6.76. The molecule has 2 aliphatic rings. The molecule has 1 aromatic rings. The lowest BCUT2D eigenvalue weighted by Gasteiger charge is -2.25. The van der Waals surface area contributed by atoms with E-state index in [1.54, 1.807) is 4.90 Å². The molecule has 0 aliphatic carbocycles. The zero-order valence-electron chi connectivity index (χ0n) is 8.94. The molecule has 2 heterocycles. The van der Waals surface area contributed by atoms with Gasteiger partial charge in [0.15, 0.2) is 0 Å². The van der Waals surface area contributed by atoms with Gasteiger partial charge in [-0.3, -0.25) is 4.79 Å². The third kappa shape index (κ3) is 1.55. The molecule has 2 aliphatic heterocycles. The second-order valence-electron chi connectivity index (χ2n) is 4.32. The van der Waals surface area contributed by atoms with Gasteiger partial charge in [-0.1, -0.05) is 0 Å². The normalized spacial score (nSPS) is 18.4. The van der Waals surface area contributed by atoms with Gasteiger partial charge < -0.3 is 4.90 Å². The van der Waals surface area contributed by atoms with Crippen LogP contribution in [0.3, 0.4) is 0 Å². The molecule has 1 amide bonds. The summed E-state index contributed by atoms with van der Waals surface area (Å²) in [7, 11) is -4.67. The van der Waals surface area contributed by atoms with Gasteiger partial charge in [0.1, 0.15) is 0 Å². The molecule has 0 bridgehead atoms. The Bertz CT molecular complexity index is 624. The summed E-state index contributed by atoms with van der Waals surface area (Å²) in [4.78, 5) is 13.0. The van der Waals surface area contributed by atoms with E-state index in [1.807, 2.05) is 0 Å². The first-order valence-electron chi connectivity index (χ1n) is 5.37. The topological polar surface area (TPSA) is 54.5 Å². The van der Waals surface area contributed by atoms with Crippen molar-refractivity contribution in [2.45, 2.75) is 24.2 Å². The van der Waals surface area contributed by atoms with Crippen molar-refractivity contribution in [2.75, 3.05) is 11.4 Å². The van der Waals surface area contributed by atoms with E-state index in [-0.39, 0.29) is 10.8 Å². The minimum atomic E-state index is -4.67. The summed E-state index contributed by atoms with van der Waals surface area (Å²) in [5.74, 6) is 0.0621. The number of carbonyl (C=O) groups is 1. The van der Waals surface area contributed by atoms with E-state index in [1.165, 1.54) is 12.1 Å². The summed E-state index contributed by atoms with van der Waals surface area (Å²) in [5.41, 5.74) is 2.32. The predicted molar refractivity (Wildman–Crippen MR) is 59.1 cm³/mol. The maximum Gasteiger partial charge on any atom is 0.332 e. The predicted octanol–water partition coefficient (Wildman–Crippen LogP) is 1.18. The van der Waals surface area contributed by atoms with Crippen LogP contribution in [0.15, 0.2) is 17.0 Å². The lowest BCUT2D eigenvalue weighted by atomic mass is 10.00. The van der Waals surface area contributed by atoms with Crippen molar-refractivity contribution in [3.8, 4) is 0 Å². The number of benzene rings is 1. The quantitative estimate of drug-likeness (QED) is 0.708. The van der Waals surface area contributed by atoms with E-state index in [9.17, 15) is 17.1 Å². The number of hydrogen-bond donors (Lipinski definition) is 0. The average molecular weight is 255 g/mol. The smallest absolute Gasteiger partial charge is 0.312 e. The standard InChI is InChI=1S/C11H10FNO3S/c12-17(15,16)9-5-7-1-2-10(14)13-4-3-8(6-9)11(7)13/h5-6H,1-4H2. The highest BCUT2D eigenvalue weighted by Gasteiger charge is 2.32. The van der Waals surface area contributed by atoms with Crippen LogP contribution in [0.2, 0.25) is 0 Å². The van der Waals surface area contributed by atoms with Gasteiger partial charge in [-0.2, -0.15) is 8.42 Å². The van der Waals surface area contributed by atoms with Crippen molar-refractivity contribution in [3.05, 3.63) is 23.3 Å². The van der Waals surface area contributed by atoms with Gasteiger partial charge in [-0.15, -0.1) is 3.89 Å². The Kier molecular flexibility index (Phi) is 2.07. The molecule has 1 aromatic carbocycles. The molecule has 6 heteroatoms. The number of hydrogen-bond acceptors (Lipinski definition) is 3. The number of anilines is 1. The monoisotopic (exact) mass is 255 g/mol.